The van der Waals surface area contributed by atoms with Crippen LogP contribution in [0.3, 0.4) is 0 Å². The number of hydrogen-bond donors (Lipinski definition) is 3. The lowest BCUT2D eigenvalue weighted by molar-refractivity contribution is -0.121. The summed E-state index contributed by atoms with van der Waals surface area (Å²) in [7, 11) is 0. The Kier molecular flexibility index (Phi) is 15.3. The smallest absolute Gasteiger partial charge is 0.224 e. The number of unbranched alkanes of at least 4 members (excludes halogenated alkanes) is 7. The molecule has 2 aromatic carbocycles. The number of anilines is 1. The van der Waals surface area contributed by atoms with Gasteiger partial charge in [0.2, 0.25) is 11.8 Å². The van der Waals surface area contributed by atoms with E-state index in [1.807, 2.05) is 55.5 Å². The quantitative estimate of drug-likeness (QED) is 0.0835. The van der Waals surface area contributed by atoms with Crippen molar-refractivity contribution < 1.29 is 9.59 Å². The van der Waals surface area contributed by atoms with Gasteiger partial charge >= 0.3 is 0 Å². The lowest BCUT2D eigenvalue weighted by Gasteiger charge is -2.13. The molecule has 2 aromatic heterocycles. The van der Waals surface area contributed by atoms with Gasteiger partial charge in [0, 0.05) is 45.2 Å². The van der Waals surface area contributed by atoms with Gasteiger partial charge in [-0.05, 0) is 69.5 Å². The SMILES string of the molecule is Cc1sc2c(c1C)C(c1ccc(Cl)cc1)=NC(CC(=O)NCCCCCCCCCCC(=O)Nc1cccc(C#CCN)c1)c1nnc(C)n1-2.Cl. The molecule has 1 unspecified atom stereocenters. The molecule has 0 bridgehead atoms. The highest BCUT2D eigenvalue weighted by Gasteiger charge is 2.32. The maximum atomic E-state index is 13.2. The van der Waals surface area contributed by atoms with Gasteiger partial charge in [0.15, 0.2) is 5.82 Å². The van der Waals surface area contributed by atoms with Gasteiger partial charge in [0.05, 0.1) is 18.7 Å². The summed E-state index contributed by atoms with van der Waals surface area (Å²) in [5.41, 5.74) is 11.1. The first-order valence-corrected chi connectivity index (χ1v) is 18.7. The first-order chi connectivity index (χ1) is 24.2. The number of nitrogens with one attached hydrogen (secondary N) is 2. The van der Waals surface area contributed by atoms with Crippen molar-refractivity contribution in [3.63, 3.8) is 0 Å². The minimum Gasteiger partial charge on any atom is -0.356 e. The van der Waals surface area contributed by atoms with Crippen molar-refractivity contribution in [2.45, 2.75) is 91.0 Å². The number of rotatable bonds is 15. The maximum absolute atomic E-state index is 13.2. The maximum Gasteiger partial charge on any atom is 0.224 e. The fraction of sp³-hybridized carbons (Fsp3) is 0.410. The Balaban J connectivity index is 0.00000583. The molecule has 0 radical (unpaired) electrons. The number of carbonyl (C=O) groups is 2. The van der Waals surface area contributed by atoms with Crippen LogP contribution in [0.5, 0.6) is 0 Å². The monoisotopic (exact) mass is 747 g/mol. The molecule has 5 rings (SSSR count). The number of halogens is 2. The summed E-state index contributed by atoms with van der Waals surface area (Å²) in [6.45, 7) is 7.12. The number of nitrogens with two attached hydrogens (primary N) is 1. The van der Waals surface area contributed by atoms with Gasteiger partial charge in [-0.25, -0.2) is 0 Å². The van der Waals surface area contributed by atoms with Crippen molar-refractivity contribution in [2.24, 2.45) is 10.7 Å². The zero-order chi connectivity index (χ0) is 35.5. The fourth-order valence-electron chi connectivity index (χ4n) is 6.13. The molecule has 51 heavy (non-hydrogen) atoms. The van der Waals surface area contributed by atoms with E-state index < -0.39 is 6.04 Å². The summed E-state index contributed by atoms with van der Waals surface area (Å²) in [6.07, 6.45) is 9.15. The Morgan fingerprint density at radius 2 is 1.65 bits per heavy atom. The molecule has 270 valence electrons. The highest BCUT2D eigenvalue weighted by Crippen LogP contribution is 2.39. The van der Waals surface area contributed by atoms with E-state index in [-0.39, 0.29) is 30.6 Å². The second-order valence-corrected chi connectivity index (χ2v) is 14.3. The van der Waals surface area contributed by atoms with Crippen LogP contribution in [0.25, 0.3) is 5.00 Å². The van der Waals surface area contributed by atoms with Crippen LogP contribution in [0.15, 0.2) is 53.5 Å². The standard InChI is InChI=1S/C39H46ClN7O2S.ClH/c1-26-27(2)50-39-36(26)37(30-18-20-31(40)21-19-30)44-33(38-46-45-28(3)47(38)39)25-35(49)42-23-11-9-7-5-4-6-8-10-17-34(48)43-32-16-12-14-29(24-32)15-13-22-41;/h12,14,16,18-21,24,33H,4-11,17,22-23,25,41H2,1-3H3,(H,42,49)(H,43,48);1H. The molecule has 0 aliphatic carbocycles. The largest absolute Gasteiger partial charge is 0.356 e. The van der Waals surface area contributed by atoms with E-state index in [0.717, 1.165) is 90.3 Å². The lowest BCUT2D eigenvalue weighted by atomic mass is 9.99. The third kappa shape index (κ3) is 10.7. The summed E-state index contributed by atoms with van der Waals surface area (Å²) in [6, 6.07) is 14.8. The molecule has 0 spiro atoms. The summed E-state index contributed by atoms with van der Waals surface area (Å²) in [4.78, 5) is 31.9. The van der Waals surface area contributed by atoms with Crippen LogP contribution in [-0.4, -0.2) is 45.4 Å². The van der Waals surface area contributed by atoms with Crippen LogP contribution >= 0.6 is 35.3 Å². The molecule has 2 amide bonds. The first kappa shape index (κ1) is 39.8. The summed E-state index contributed by atoms with van der Waals surface area (Å²) >= 11 is 7.92. The number of aliphatic imine (C=N–C) groups is 1. The van der Waals surface area contributed by atoms with Crippen LogP contribution in [0.1, 0.15) is 109 Å². The number of amides is 2. The number of aryl methyl sites for hydroxylation is 2. The number of carbonyl (C=O) groups excluding carboxylic acids is 2. The Morgan fingerprint density at radius 3 is 2.37 bits per heavy atom. The molecule has 9 nitrogen and oxygen atoms in total. The third-order valence-electron chi connectivity index (χ3n) is 8.87. The Labute approximate surface area is 316 Å². The van der Waals surface area contributed by atoms with Crippen molar-refractivity contribution >= 4 is 58.6 Å². The van der Waals surface area contributed by atoms with E-state index in [1.165, 1.54) is 10.4 Å². The highest BCUT2D eigenvalue weighted by molar-refractivity contribution is 7.15. The minimum absolute atomic E-state index is 0. The summed E-state index contributed by atoms with van der Waals surface area (Å²) < 4.78 is 2.07. The molecule has 4 aromatic rings. The van der Waals surface area contributed by atoms with E-state index in [2.05, 4.69) is 51.1 Å². The van der Waals surface area contributed by atoms with Gasteiger partial charge in [0.25, 0.3) is 0 Å². The normalized spacial score (nSPS) is 13.1. The van der Waals surface area contributed by atoms with Crippen LogP contribution in [0.2, 0.25) is 5.02 Å². The molecule has 12 heteroatoms. The summed E-state index contributed by atoms with van der Waals surface area (Å²) in [5.74, 6) is 7.26. The van der Waals surface area contributed by atoms with Crippen molar-refractivity contribution in [1.29, 1.82) is 0 Å². The second-order valence-electron chi connectivity index (χ2n) is 12.7. The predicted octanol–water partition coefficient (Wildman–Crippen LogP) is 8.19. The predicted molar refractivity (Wildman–Crippen MR) is 211 cm³/mol. The molecule has 4 N–H and O–H groups in total. The average molecular weight is 749 g/mol. The van der Waals surface area contributed by atoms with Gasteiger partial charge in [-0.1, -0.05) is 80.2 Å². The molecular formula is C39H47Cl2N7O2S. The van der Waals surface area contributed by atoms with Gasteiger partial charge in [-0.3, -0.25) is 19.1 Å². The van der Waals surface area contributed by atoms with E-state index >= 15 is 0 Å². The van der Waals surface area contributed by atoms with Gasteiger partial charge in [-0.2, -0.15) is 0 Å². The van der Waals surface area contributed by atoms with Crippen LogP contribution in [0, 0.1) is 32.6 Å². The first-order valence-electron chi connectivity index (χ1n) is 17.5. The zero-order valence-electron chi connectivity index (χ0n) is 29.6. The third-order valence-corrected chi connectivity index (χ3v) is 10.3. The molecular weight excluding hydrogens is 701 g/mol. The van der Waals surface area contributed by atoms with E-state index in [1.54, 1.807) is 11.3 Å². The summed E-state index contributed by atoms with van der Waals surface area (Å²) in [5, 5.41) is 16.7. The molecule has 0 saturated heterocycles. The van der Waals surface area contributed by atoms with E-state index in [0.29, 0.717) is 30.4 Å². The number of nitrogens with zero attached hydrogens (tertiary/aromatic N) is 4. The number of fused-ring (bicyclic) bond motifs is 3. The molecule has 1 aliphatic rings. The lowest BCUT2D eigenvalue weighted by Crippen LogP contribution is -2.26. The second kappa shape index (κ2) is 19.6. The zero-order valence-corrected chi connectivity index (χ0v) is 31.9. The van der Waals surface area contributed by atoms with Crippen LogP contribution in [0.4, 0.5) is 5.69 Å². The topological polar surface area (TPSA) is 127 Å². The van der Waals surface area contributed by atoms with E-state index in [9.17, 15) is 9.59 Å². The van der Waals surface area contributed by atoms with Gasteiger partial charge < -0.3 is 16.4 Å². The molecule has 1 atom stereocenters. The number of thiophene rings is 1. The Hall–Kier alpha value is -4.01. The molecule has 0 fully saturated rings. The van der Waals surface area contributed by atoms with Crippen molar-refractivity contribution in [2.75, 3.05) is 18.4 Å². The Morgan fingerprint density at radius 1 is 0.941 bits per heavy atom. The number of benzene rings is 2. The molecule has 1 aliphatic heterocycles. The fourth-order valence-corrected chi connectivity index (χ4v) is 7.47. The van der Waals surface area contributed by atoms with Crippen molar-refractivity contribution in [1.82, 2.24) is 20.1 Å². The number of hydrogen-bond acceptors (Lipinski definition) is 7. The van der Waals surface area contributed by atoms with Crippen LogP contribution in [-0.2, 0) is 9.59 Å². The van der Waals surface area contributed by atoms with Gasteiger partial charge in [0.1, 0.15) is 16.9 Å². The average Bonchev–Trinajstić information content (AvgIpc) is 3.58. The highest BCUT2D eigenvalue weighted by atomic mass is 35.5. The Bertz CT molecular complexity index is 1890. The minimum atomic E-state index is -0.472. The molecule has 0 saturated carbocycles. The van der Waals surface area contributed by atoms with Crippen molar-refractivity contribution in [3.8, 4) is 16.8 Å². The van der Waals surface area contributed by atoms with Crippen LogP contribution < -0.4 is 16.4 Å². The number of aromatic nitrogens is 3. The van der Waals surface area contributed by atoms with Crippen molar-refractivity contribution in [3.05, 3.63) is 92.3 Å². The van der Waals surface area contributed by atoms with Gasteiger partial charge in [-0.15, -0.1) is 33.9 Å². The molecule has 3 heterocycles. The van der Waals surface area contributed by atoms with E-state index in [4.69, 9.17) is 22.3 Å².